The smallest absolute Gasteiger partial charge is 0.240 e. The average molecular weight is 316 g/mol. The van der Waals surface area contributed by atoms with Gasteiger partial charge in [0.15, 0.2) is 5.78 Å². The Morgan fingerprint density at radius 2 is 1.83 bits per heavy atom. The SMILES string of the molecule is CCc1ccc(C(=O)CCC(=O)N2CCCCC2C(N)=O)cc1. The summed E-state index contributed by atoms with van der Waals surface area (Å²) in [5.41, 5.74) is 7.17. The maximum Gasteiger partial charge on any atom is 0.240 e. The number of carbonyl (C=O) groups is 3. The Kier molecular flexibility index (Phi) is 5.90. The lowest BCUT2D eigenvalue weighted by Crippen LogP contribution is -2.50. The number of aryl methyl sites for hydroxylation is 1. The zero-order chi connectivity index (χ0) is 16.8. The van der Waals surface area contributed by atoms with E-state index in [4.69, 9.17) is 5.73 Å². The number of benzene rings is 1. The van der Waals surface area contributed by atoms with Gasteiger partial charge < -0.3 is 10.6 Å². The molecule has 23 heavy (non-hydrogen) atoms. The molecule has 1 aliphatic heterocycles. The van der Waals surface area contributed by atoms with Crippen LogP contribution in [-0.4, -0.2) is 35.1 Å². The summed E-state index contributed by atoms with van der Waals surface area (Å²) in [5, 5.41) is 0. The summed E-state index contributed by atoms with van der Waals surface area (Å²) >= 11 is 0. The lowest BCUT2D eigenvalue weighted by atomic mass is 9.99. The minimum absolute atomic E-state index is 0.0476. The number of rotatable bonds is 6. The molecule has 2 N–H and O–H groups in total. The summed E-state index contributed by atoms with van der Waals surface area (Å²) in [6, 6.07) is 6.96. The van der Waals surface area contributed by atoms with Crippen LogP contribution in [-0.2, 0) is 16.0 Å². The Hall–Kier alpha value is -2.17. The normalized spacial score (nSPS) is 17.8. The van der Waals surface area contributed by atoms with E-state index >= 15 is 0 Å². The fourth-order valence-corrected chi connectivity index (χ4v) is 2.96. The molecule has 1 fully saturated rings. The molecule has 2 amide bonds. The zero-order valence-electron chi connectivity index (χ0n) is 13.6. The molecule has 0 spiro atoms. The van der Waals surface area contributed by atoms with Crippen molar-refractivity contribution in [2.45, 2.75) is 51.5 Å². The van der Waals surface area contributed by atoms with Gasteiger partial charge in [0.05, 0.1) is 0 Å². The van der Waals surface area contributed by atoms with E-state index in [1.807, 2.05) is 12.1 Å². The molecule has 0 aliphatic carbocycles. The van der Waals surface area contributed by atoms with Crippen LogP contribution < -0.4 is 5.73 Å². The molecular formula is C18H24N2O3. The Morgan fingerprint density at radius 3 is 2.43 bits per heavy atom. The van der Waals surface area contributed by atoms with Gasteiger partial charge in [-0.15, -0.1) is 0 Å². The summed E-state index contributed by atoms with van der Waals surface area (Å²) in [6.45, 7) is 2.61. The van der Waals surface area contributed by atoms with Gasteiger partial charge in [0.2, 0.25) is 11.8 Å². The third-order valence-corrected chi connectivity index (χ3v) is 4.40. The number of primary amides is 1. The molecule has 1 aromatic carbocycles. The average Bonchev–Trinajstić information content (AvgIpc) is 2.59. The standard InChI is InChI=1S/C18H24N2O3/c1-2-13-6-8-14(9-7-13)16(21)10-11-17(22)20-12-4-3-5-15(20)18(19)23/h6-9,15H,2-5,10-12H2,1H3,(H2,19,23). The van der Waals surface area contributed by atoms with Crippen LogP contribution in [0.3, 0.4) is 0 Å². The fourth-order valence-electron chi connectivity index (χ4n) is 2.96. The molecule has 0 saturated carbocycles. The first kappa shape index (κ1) is 17.2. The summed E-state index contributed by atoms with van der Waals surface area (Å²) in [5.74, 6) is -0.666. The van der Waals surface area contributed by atoms with E-state index in [1.165, 1.54) is 5.56 Å². The minimum Gasteiger partial charge on any atom is -0.368 e. The second-order valence-corrected chi connectivity index (χ2v) is 5.97. The summed E-state index contributed by atoms with van der Waals surface area (Å²) in [6.07, 6.45) is 3.61. The van der Waals surface area contributed by atoms with Gasteiger partial charge in [-0.25, -0.2) is 0 Å². The summed E-state index contributed by atoms with van der Waals surface area (Å²) < 4.78 is 0. The monoisotopic (exact) mass is 316 g/mol. The van der Waals surface area contributed by atoms with E-state index in [2.05, 4.69) is 6.92 Å². The highest BCUT2D eigenvalue weighted by atomic mass is 16.2. The van der Waals surface area contributed by atoms with Crippen molar-refractivity contribution in [1.82, 2.24) is 4.90 Å². The van der Waals surface area contributed by atoms with Gasteiger partial charge in [0.1, 0.15) is 6.04 Å². The minimum atomic E-state index is -0.518. The third-order valence-electron chi connectivity index (χ3n) is 4.40. The first-order valence-corrected chi connectivity index (χ1v) is 8.24. The fraction of sp³-hybridized carbons (Fsp3) is 0.500. The number of Topliss-reactive ketones (excluding diaryl/α,β-unsaturated/α-hetero) is 1. The molecule has 0 bridgehead atoms. The first-order valence-electron chi connectivity index (χ1n) is 8.24. The number of amides is 2. The van der Waals surface area contributed by atoms with Crippen molar-refractivity contribution in [3.05, 3.63) is 35.4 Å². The molecule has 5 nitrogen and oxygen atoms in total. The molecular weight excluding hydrogens is 292 g/mol. The van der Waals surface area contributed by atoms with E-state index in [9.17, 15) is 14.4 Å². The van der Waals surface area contributed by atoms with Crippen LogP contribution in [0.1, 0.15) is 54.9 Å². The summed E-state index contributed by atoms with van der Waals surface area (Å²) in [4.78, 5) is 37.5. The molecule has 1 heterocycles. The number of nitrogens with zero attached hydrogens (tertiary/aromatic N) is 1. The number of ketones is 1. The highest BCUT2D eigenvalue weighted by Crippen LogP contribution is 2.19. The molecule has 0 radical (unpaired) electrons. The van der Waals surface area contributed by atoms with Crippen LogP contribution in [0.5, 0.6) is 0 Å². The van der Waals surface area contributed by atoms with Crippen molar-refractivity contribution in [1.29, 1.82) is 0 Å². The van der Waals surface area contributed by atoms with Gasteiger partial charge in [-0.3, -0.25) is 14.4 Å². The number of likely N-dealkylation sites (tertiary alicyclic amines) is 1. The van der Waals surface area contributed by atoms with Crippen molar-refractivity contribution in [2.75, 3.05) is 6.54 Å². The van der Waals surface area contributed by atoms with Crippen molar-refractivity contribution >= 4 is 17.6 Å². The van der Waals surface area contributed by atoms with Crippen LogP contribution in [0.4, 0.5) is 0 Å². The van der Waals surface area contributed by atoms with Crippen LogP contribution in [0.25, 0.3) is 0 Å². The van der Waals surface area contributed by atoms with E-state index in [0.717, 1.165) is 19.3 Å². The predicted molar refractivity (Wildman–Crippen MR) is 87.9 cm³/mol. The quantitative estimate of drug-likeness (QED) is 0.816. The molecule has 2 rings (SSSR count). The molecule has 1 atom stereocenters. The number of nitrogens with two attached hydrogens (primary N) is 1. The second kappa shape index (κ2) is 7.90. The molecule has 1 aliphatic rings. The Bertz CT molecular complexity index is 580. The lowest BCUT2D eigenvalue weighted by molar-refractivity contribution is -0.141. The number of piperidine rings is 1. The molecule has 124 valence electrons. The second-order valence-electron chi connectivity index (χ2n) is 5.97. The van der Waals surface area contributed by atoms with Crippen molar-refractivity contribution < 1.29 is 14.4 Å². The molecule has 1 unspecified atom stereocenters. The predicted octanol–water partition coefficient (Wildman–Crippen LogP) is 2.08. The summed E-state index contributed by atoms with van der Waals surface area (Å²) in [7, 11) is 0. The van der Waals surface area contributed by atoms with E-state index in [-0.39, 0.29) is 24.5 Å². The van der Waals surface area contributed by atoms with Gasteiger partial charge in [-0.05, 0) is 31.2 Å². The number of hydrogen-bond donors (Lipinski definition) is 1. The van der Waals surface area contributed by atoms with E-state index in [0.29, 0.717) is 18.5 Å². The van der Waals surface area contributed by atoms with Gasteiger partial charge in [0, 0.05) is 24.9 Å². The molecule has 1 saturated heterocycles. The highest BCUT2D eigenvalue weighted by molar-refractivity contribution is 5.98. The Morgan fingerprint density at radius 1 is 1.13 bits per heavy atom. The molecule has 0 aromatic heterocycles. The Balaban J connectivity index is 1.92. The van der Waals surface area contributed by atoms with Crippen LogP contribution in [0, 0.1) is 0 Å². The topological polar surface area (TPSA) is 80.5 Å². The van der Waals surface area contributed by atoms with E-state index in [1.54, 1.807) is 17.0 Å². The molecule has 5 heteroatoms. The van der Waals surface area contributed by atoms with Crippen LogP contribution in [0.2, 0.25) is 0 Å². The van der Waals surface area contributed by atoms with Gasteiger partial charge in [-0.1, -0.05) is 31.2 Å². The van der Waals surface area contributed by atoms with Crippen molar-refractivity contribution in [3.63, 3.8) is 0 Å². The van der Waals surface area contributed by atoms with Crippen LogP contribution in [0.15, 0.2) is 24.3 Å². The maximum atomic E-state index is 12.3. The van der Waals surface area contributed by atoms with E-state index < -0.39 is 11.9 Å². The van der Waals surface area contributed by atoms with Gasteiger partial charge >= 0.3 is 0 Å². The lowest BCUT2D eigenvalue weighted by Gasteiger charge is -2.33. The van der Waals surface area contributed by atoms with Gasteiger partial charge in [-0.2, -0.15) is 0 Å². The molecule has 1 aromatic rings. The largest absolute Gasteiger partial charge is 0.368 e. The number of hydrogen-bond acceptors (Lipinski definition) is 3. The van der Waals surface area contributed by atoms with Crippen LogP contribution >= 0.6 is 0 Å². The maximum absolute atomic E-state index is 12.3. The van der Waals surface area contributed by atoms with Crippen molar-refractivity contribution in [3.8, 4) is 0 Å². The zero-order valence-corrected chi connectivity index (χ0v) is 13.6. The first-order chi connectivity index (χ1) is 11.0. The Labute approximate surface area is 136 Å². The highest BCUT2D eigenvalue weighted by Gasteiger charge is 2.30. The number of carbonyl (C=O) groups excluding carboxylic acids is 3. The van der Waals surface area contributed by atoms with Crippen molar-refractivity contribution in [2.24, 2.45) is 5.73 Å². The van der Waals surface area contributed by atoms with Gasteiger partial charge in [0.25, 0.3) is 0 Å². The third kappa shape index (κ3) is 4.41.